The van der Waals surface area contributed by atoms with Gasteiger partial charge in [-0.1, -0.05) is 297 Å². The SMILES string of the molecule is C(/c1cccc2ccccc12)=c1\c(-c2ccccc2)nn2nc(-c3cnccn3)nc12.C(/c1ccccc1)=c1\c(-c2ccccc2)nn2c(-c3ccccc3)nnc12.C(/c1ccccc1)=c1\c(-c2ccccc2)nn2c(-c3cnccn3)nnc12.C(/c1ccccn1)=c1\c(-c2ccccc2)nn2nc(-c3cccnc3)nc12.C(/c1ccccn1)=c1\c(-c2ccccc2)nn2nc(-c3cnccn3)nc12. The number of hydrogen-bond acceptors (Lipinski definition) is 24. The summed E-state index contributed by atoms with van der Waals surface area (Å²) in [6.45, 7) is 0. The van der Waals surface area contributed by atoms with Crippen LogP contribution in [0.4, 0.5) is 0 Å². The minimum atomic E-state index is 0.487. The molecule has 139 heavy (non-hydrogen) atoms. The smallest absolute Gasteiger partial charge is 0.205 e. The van der Waals surface area contributed by atoms with Crippen molar-refractivity contribution in [2.24, 2.45) is 0 Å². The summed E-state index contributed by atoms with van der Waals surface area (Å²) in [5, 5.41) is 61.9. The summed E-state index contributed by atoms with van der Waals surface area (Å²) < 4.78 is 8.29. The first-order valence-electron chi connectivity index (χ1n) is 44.2. The lowest BCUT2D eigenvalue weighted by atomic mass is 10.0. The molecule has 26 aromatic rings. The molecule has 0 unspecified atom stereocenters. The maximum absolute atomic E-state index is 4.88. The molecule has 0 aliphatic rings. The van der Waals surface area contributed by atoms with E-state index in [9.17, 15) is 0 Å². The van der Waals surface area contributed by atoms with Gasteiger partial charge in [0.05, 0.1) is 40.4 Å². The molecule has 16 aromatic heterocycles. The molecular formula is C110H73N29. The second kappa shape index (κ2) is 39.1. The summed E-state index contributed by atoms with van der Waals surface area (Å²) in [5.74, 6) is 2.91. The molecule has 10 aromatic carbocycles. The van der Waals surface area contributed by atoms with Crippen molar-refractivity contribution in [3.63, 3.8) is 0 Å². The van der Waals surface area contributed by atoms with E-state index >= 15 is 0 Å². The van der Waals surface area contributed by atoms with Crippen LogP contribution in [0.3, 0.4) is 0 Å². The lowest BCUT2D eigenvalue weighted by molar-refractivity contribution is 0.826. The van der Waals surface area contributed by atoms with Crippen LogP contribution in [0.5, 0.6) is 0 Å². The van der Waals surface area contributed by atoms with Gasteiger partial charge in [0.25, 0.3) is 0 Å². The van der Waals surface area contributed by atoms with Crippen molar-refractivity contribution in [1.29, 1.82) is 0 Å². The monoisotopic (exact) mass is 1800 g/mol. The fourth-order valence-electron chi connectivity index (χ4n) is 15.9. The Balaban J connectivity index is 0.000000100. The average Bonchev–Trinajstić information content (AvgIpc) is 1.35. The summed E-state index contributed by atoms with van der Waals surface area (Å²) in [6, 6.07) is 111. The first-order chi connectivity index (χ1) is 68.9. The largest absolute Gasteiger partial charge is 0.264 e. The number of nitrogens with zero attached hydrogens (tertiary/aromatic N) is 29. The quantitative estimate of drug-likeness (QED) is 0.0920. The van der Waals surface area contributed by atoms with Crippen molar-refractivity contribution in [1.82, 2.24) is 144 Å². The highest BCUT2D eigenvalue weighted by Gasteiger charge is 2.24. The van der Waals surface area contributed by atoms with E-state index in [1.165, 1.54) is 10.8 Å². The predicted octanol–water partition coefficient (Wildman–Crippen LogP) is 15.7. The van der Waals surface area contributed by atoms with Crippen LogP contribution in [0.1, 0.15) is 28.1 Å². The molecule has 0 radical (unpaired) electrons. The van der Waals surface area contributed by atoms with Crippen LogP contribution in [0.15, 0.2) is 414 Å². The van der Waals surface area contributed by atoms with E-state index in [-0.39, 0.29) is 0 Å². The molecule has 0 saturated carbocycles. The van der Waals surface area contributed by atoms with Crippen LogP contribution in [0, 0.1) is 0 Å². The molecule has 29 heteroatoms. The van der Waals surface area contributed by atoms with Gasteiger partial charge in [-0.25, -0.2) is 29.9 Å². The molecule has 26 rings (SSSR count). The highest BCUT2D eigenvalue weighted by molar-refractivity contribution is 5.92. The van der Waals surface area contributed by atoms with Gasteiger partial charge in [0.2, 0.25) is 17.5 Å². The Morgan fingerprint density at radius 3 is 0.986 bits per heavy atom. The Kier molecular flexibility index (Phi) is 23.8. The van der Waals surface area contributed by atoms with Gasteiger partial charge in [-0.3, -0.25) is 29.9 Å². The molecule has 0 aliphatic heterocycles. The molecular weight excluding hydrogens is 1730 g/mol. The fourth-order valence-corrected chi connectivity index (χ4v) is 15.9. The molecule has 0 amide bonds. The minimum Gasteiger partial charge on any atom is -0.264 e. The van der Waals surface area contributed by atoms with E-state index in [4.69, 9.17) is 25.3 Å². The summed E-state index contributed by atoms with van der Waals surface area (Å²) >= 11 is 0. The highest BCUT2D eigenvalue weighted by Crippen LogP contribution is 2.28. The standard InChI is InChI=1S/C25H16N6.C23H16N4.2C21H14N6.C20H13N7/c1-2-8-18(9-3-1)23-21(15-19-11-6-10-17-7-4-5-12-20(17)19)25-28-24(30-31(25)29-23)22-16-26-13-14-27-22;1-4-10-17(11-5-1)16-20-21(18-12-6-2-7-13-18)26-27-22(24-25-23(20)27)19-14-8-3-9-15-19;1-3-7-15(8-4-1)13-17-19(16-9-5-2-6-10-16)26-27-20(17)24-25-21(27)18-14-22-11-12-23-18;1-2-7-15(8-3-1)19-18(13-17-10-4-5-12-23-17)21-24-20(26-27(21)25-19)16-9-6-11-22-14-16;1-2-6-14(7-3-1)18-16(12-15-8-4-5-9-22-15)20-24-19(26-27(20)25-18)17-13-21-10-11-23-17/h1-16H;1-16H;2*1-14H;1-13H/b21-15-;20-16-;17-13-;18-13-;16-12-. The van der Waals surface area contributed by atoms with Crippen molar-refractivity contribution >= 4 is 69.4 Å². The molecule has 658 valence electrons. The van der Waals surface area contributed by atoms with Crippen molar-refractivity contribution in [3.8, 4) is 114 Å². The van der Waals surface area contributed by atoms with Crippen LogP contribution >= 0.6 is 0 Å². The fraction of sp³-hybridized carbons (Fsp3) is 0. The van der Waals surface area contributed by atoms with Gasteiger partial charge in [-0.2, -0.15) is 19.2 Å². The maximum Gasteiger partial charge on any atom is 0.205 e. The molecule has 16 heterocycles. The minimum absolute atomic E-state index is 0.487. The number of hydrogen-bond donors (Lipinski definition) is 0. The molecule has 0 bridgehead atoms. The maximum atomic E-state index is 4.88. The van der Waals surface area contributed by atoms with E-state index in [1.54, 1.807) is 99.0 Å². The van der Waals surface area contributed by atoms with E-state index < -0.39 is 0 Å². The van der Waals surface area contributed by atoms with Gasteiger partial charge in [0.15, 0.2) is 39.9 Å². The van der Waals surface area contributed by atoms with E-state index in [2.05, 4.69) is 193 Å². The number of pyridine rings is 3. The number of benzene rings is 10. The van der Waals surface area contributed by atoms with Gasteiger partial charge < -0.3 is 0 Å². The summed E-state index contributed by atoms with van der Waals surface area (Å²) in [5.41, 5.74) is 21.5. The second-order valence-electron chi connectivity index (χ2n) is 31.4. The van der Waals surface area contributed by atoms with Crippen LogP contribution in [-0.2, 0) is 0 Å². The Morgan fingerprint density at radius 2 is 0.561 bits per heavy atom. The normalized spacial score (nSPS) is 12.0. The third kappa shape index (κ3) is 18.2. The van der Waals surface area contributed by atoms with Crippen molar-refractivity contribution in [2.45, 2.75) is 0 Å². The second-order valence-corrected chi connectivity index (χ2v) is 31.4. The lowest BCUT2D eigenvalue weighted by Gasteiger charge is -2.02. The average molecular weight is 1800 g/mol. The van der Waals surface area contributed by atoms with Crippen molar-refractivity contribution in [2.75, 3.05) is 0 Å². The summed E-state index contributed by atoms with van der Waals surface area (Å²) in [6.07, 6.45) is 32.0. The molecule has 0 N–H and O–H groups in total. The molecule has 0 atom stereocenters. The predicted molar refractivity (Wildman–Crippen MR) is 532 cm³/mol. The van der Waals surface area contributed by atoms with Gasteiger partial charge in [0, 0.05) is 117 Å². The lowest BCUT2D eigenvalue weighted by Crippen LogP contribution is -2.04. The van der Waals surface area contributed by atoms with Gasteiger partial charge >= 0.3 is 0 Å². The first-order valence-corrected chi connectivity index (χ1v) is 44.2. The zero-order valence-corrected chi connectivity index (χ0v) is 73.6. The van der Waals surface area contributed by atoms with Crippen LogP contribution < -0.4 is 26.1 Å². The topological polar surface area (TPSA) is 331 Å². The molecule has 0 saturated heterocycles. The molecule has 0 spiro atoms. The summed E-state index contributed by atoms with van der Waals surface area (Å²) in [4.78, 5) is 52.3. The number of aromatic nitrogens is 29. The number of fused-ring (bicyclic) bond motifs is 6. The van der Waals surface area contributed by atoms with Crippen molar-refractivity contribution in [3.05, 3.63) is 468 Å². The molecule has 29 nitrogen and oxygen atoms in total. The molecule has 0 fully saturated rings. The summed E-state index contributed by atoms with van der Waals surface area (Å²) in [7, 11) is 0. The van der Waals surface area contributed by atoms with Gasteiger partial charge in [0.1, 0.15) is 45.6 Å². The van der Waals surface area contributed by atoms with E-state index in [0.717, 1.165) is 133 Å². The van der Waals surface area contributed by atoms with Crippen molar-refractivity contribution < 1.29 is 0 Å². The van der Waals surface area contributed by atoms with Crippen LogP contribution in [0.25, 0.3) is 183 Å². The van der Waals surface area contributed by atoms with E-state index in [1.807, 2.05) is 271 Å². The Bertz CT molecular complexity index is 8500. The zero-order chi connectivity index (χ0) is 92.8. The Labute approximate surface area is 790 Å². The third-order valence-corrected chi connectivity index (χ3v) is 22.4. The Morgan fingerprint density at radius 1 is 0.209 bits per heavy atom. The van der Waals surface area contributed by atoms with Crippen LogP contribution in [-0.4, -0.2) is 144 Å². The number of rotatable bonds is 15. The van der Waals surface area contributed by atoms with Gasteiger partial charge in [-0.05, 0) is 94.2 Å². The highest BCUT2D eigenvalue weighted by atomic mass is 15.5. The zero-order valence-electron chi connectivity index (χ0n) is 73.6. The Hall–Kier alpha value is -20.1. The van der Waals surface area contributed by atoms with Gasteiger partial charge in [-0.15, -0.1) is 64.9 Å². The third-order valence-electron chi connectivity index (χ3n) is 22.4. The molecule has 0 aliphatic carbocycles. The van der Waals surface area contributed by atoms with E-state index in [0.29, 0.717) is 63.0 Å². The first kappa shape index (κ1) is 84.4. The van der Waals surface area contributed by atoms with Crippen LogP contribution in [0.2, 0.25) is 0 Å².